The van der Waals surface area contributed by atoms with E-state index in [0.29, 0.717) is 11.2 Å². The molecule has 1 aromatic carbocycles. The molecule has 1 aliphatic rings. The van der Waals surface area contributed by atoms with Gasteiger partial charge in [0.15, 0.2) is 0 Å². The summed E-state index contributed by atoms with van der Waals surface area (Å²) in [6.45, 7) is 1.69. The van der Waals surface area contributed by atoms with Crippen LogP contribution < -0.4 is 15.6 Å². The second-order valence-electron chi connectivity index (χ2n) is 6.45. The number of nitrogens with one attached hydrogen (secondary N) is 2. The Morgan fingerprint density at radius 3 is 2.57 bits per heavy atom. The van der Waals surface area contributed by atoms with Crippen molar-refractivity contribution in [3.05, 3.63) is 52.6 Å². The van der Waals surface area contributed by atoms with Crippen LogP contribution in [0.4, 0.5) is 13.2 Å². The van der Waals surface area contributed by atoms with E-state index in [4.69, 9.17) is 0 Å². The van der Waals surface area contributed by atoms with Crippen LogP contribution in [0.5, 0.6) is 5.75 Å². The van der Waals surface area contributed by atoms with Crippen LogP contribution in [0.1, 0.15) is 24.5 Å². The molecule has 0 amide bonds. The van der Waals surface area contributed by atoms with Gasteiger partial charge in [-0.3, -0.25) is 4.79 Å². The van der Waals surface area contributed by atoms with Crippen LogP contribution in [0.2, 0.25) is 0 Å². The molecule has 3 aromatic rings. The highest BCUT2D eigenvalue weighted by atomic mass is 35.5. The molecule has 0 unspecified atom stereocenters. The predicted octanol–water partition coefficient (Wildman–Crippen LogP) is 3.48. The maximum absolute atomic E-state index is 12.7. The zero-order valence-corrected chi connectivity index (χ0v) is 15.4. The van der Waals surface area contributed by atoms with E-state index in [1.807, 2.05) is 0 Å². The van der Waals surface area contributed by atoms with Gasteiger partial charge in [0.1, 0.15) is 11.4 Å². The summed E-state index contributed by atoms with van der Waals surface area (Å²) in [4.78, 5) is 14.9. The molecule has 0 aliphatic carbocycles. The van der Waals surface area contributed by atoms with Crippen molar-refractivity contribution in [1.82, 2.24) is 19.9 Å². The average Bonchev–Trinajstić information content (AvgIpc) is 3.04. The fourth-order valence-electron chi connectivity index (χ4n) is 3.52. The van der Waals surface area contributed by atoms with Crippen molar-refractivity contribution >= 4 is 18.1 Å². The Bertz CT molecular complexity index is 1030. The molecule has 0 saturated carbocycles. The number of benzene rings is 1. The van der Waals surface area contributed by atoms with E-state index < -0.39 is 6.36 Å². The lowest BCUT2D eigenvalue weighted by molar-refractivity contribution is -0.274. The lowest BCUT2D eigenvalue weighted by Gasteiger charge is -2.23. The number of alkyl halides is 3. The zero-order valence-electron chi connectivity index (χ0n) is 14.6. The van der Waals surface area contributed by atoms with E-state index in [0.717, 1.165) is 31.6 Å². The summed E-state index contributed by atoms with van der Waals surface area (Å²) in [6.07, 6.45) is -1.63. The summed E-state index contributed by atoms with van der Waals surface area (Å²) >= 11 is 0. The third-order valence-corrected chi connectivity index (χ3v) is 4.69. The topological polar surface area (TPSA) is 71.4 Å². The molecule has 3 heterocycles. The summed E-state index contributed by atoms with van der Waals surface area (Å²) in [5.41, 5.74) is 1.39. The van der Waals surface area contributed by atoms with Gasteiger partial charge in [0, 0.05) is 23.1 Å². The Balaban J connectivity index is 0.00000225. The zero-order chi connectivity index (χ0) is 19.0. The minimum absolute atomic E-state index is 0. The molecule has 1 fully saturated rings. The van der Waals surface area contributed by atoms with Crippen molar-refractivity contribution in [2.75, 3.05) is 13.1 Å². The van der Waals surface area contributed by atoms with Crippen LogP contribution in [-0.2, 0) is 0 Å². The molecule has 0 atom stereocenters. The van der Waals surface area contributed by atoms with Gasteiger partial charge in [-0.2, -0.15) is 5.10 Å². The van der Waals surface area contributed by atoms with Crippen molar-refractivity contribution in [3.63, 3.8) is 0 Å². The number of fused-ring (bicyclic) bond motifs is 1. The third kappa shape index (κ3) is 4.00. The Labute approximate surface area is 164 Å². The predicted molar refractivity (Wildman–Crippen MR) is 100 cm³/mol. The van der Waals surface area contributed by atoms with E-state index in [2.05, 4.69) is 20.1 Å². The number of para-hydroxylation sites is 1. The van der Waals surface area contributed by atoms with Crippen LogP contribution in [-0.4, -0.2) is 34.0 Å². The second-order valence-corrected chi connectivity index (χ2v) is 6.45. The highest BCUT2D eigenvalue weighted by molar-refractivity contribution is 5.85. The summed E-state index contributed by atoms with van der Waals surface area (Å²) < 4.78 is 44.0. The maximum Gasteiger partial charge on any atom is 0.573 e. The van der Waals surface area contributed by atoms with Gasteiger partial charge >= 0.3 is 6.36 Å². The minimum atomic E-state index is -4.81. The third-order valence-electron chi connectivity index (χ3n) is 4.69. The van der Waals surface area contributed by atoms with E-state index in [-0.39, 0.29) is 35.2 Å². The van der Waals surface area contributed by atoms with Crippen molar-refractivity contribution in [1.29, 1.82) is 0 Å². The Kier molecular flexibility index (Phi) is 5.66. The Morgan fingerprint density at radius 1 is 1.14 bits per heavy atom. The first-order valence-electron chi connectivity index (χ1n) is 8.59. The van der Waals surface area contributed by atoms with Crippen molar-refractivity contribution in [2.24, 2.45) is 0 Å². The molecule has 0 bridgehead atoms. The lowest BCUT2D eigenvalue weighted by atomic mass is 9.94. The number of rotatable bonds is 3. The number of aromatic nitrogens is 3. The largest absolute Gasteiger partial charge is 0.573 e. The molecule has 0 spiro atoms. The van der Waals surface area contributed by atoms with Gasteiger partial charge in [-0.05, 0) is 32.0 Å². The number of piperidine rings is 1. The van der Waals surface area contributed by atoms with Crippen LogP contribution in [0.15, 0.2) is 41.3 Å². The van der Waals surface area contributed by atoms with Gasteiger partial charge in [0.2, 0.25) is 0 Å². The summed E-state index contributed by atoms with van der Waals surface area (Å²) in [5.74, 6) is -0.182. The highest BCUT2D eigenvalue weighted by Crippen LogP contribution is 2.36. The van der Waals surface area contributed by atoms with Crippen molar-refractivity contribution in [3.8, 4) is 16.9 Å². The van der Waals surface area contributed by atoms with E-state index >= 15 is 0 Å². The molecule has 2 N–H and O–H groups in total. The van der Waals surface area contributed by atoms with E-state index in [1.165, 1.54) is 30.5 Å². The van der Waals surface area contributed by atoms with Gasteiger partial charge < -0.3 is 15.0 Å². The summed E-state index contributed by atoms with van der Waals surface area (Å²) in [5, 5.41) is 7.61. The Morgan fingerprint density at radius 2 is 1.86 bits per heavy atom. The van der Waals surface area contributed by atoms with Crippen LogP contribution in [0.25, 0.3) is 16.8 Å². The molecular formula is C18H18ClF3N4O2. The molecule has 10 heteroatoms. The molecule has 1 aliphatic heterocycles. The average molecular weight is 415 g/mol. The first-order valence-corrected chi connectivity index (χ1v) is 8.59. The van der Waals surface area contributed by atoms with Gasteiger partial charge in [0.25, 0.3) is 5.56 Å². The summed E-state index contributed by atoms with van der Waals surface area (Å²) in [7, 11) is 0. The quantitative estimate of drug-likeness (QED) is 0.688. The molecule has 28 heavy (non-hydrogen) atoms. The second kappa shape index (κ2) is 7.84. The standard InChI is InChI=1S/C18H17F3N4O2.ClH/c19-18(20,21)27-15-4-2-1-3-12(15)13-10-23-25-14(9-16(26)24-17(13)25)11-5-7-22-8-6-11;/h1-4,9-11,22H,5-8H2,(H,24,26);1H. The molecule has 4 rings (SSSR count). The molecule has 2 aromatic heterocycles. The molecule has 1 saturated heterocycles. The van der Waals surface area contributed by atoms with Gasteiger partial charge in [-0.25, -0.2) is 4.52 Å². The number of hydrogen-bond acceptors (Lipinski definition) is 4. The van der Waals surface area contributed by atoms with Crippen molar-refractivity contribution < 1.29 is 17.9 Å². The molecule has 0 radical (unpaired) electrons. The smallest absolute Gasteiger partial charge is 0.405 e. The Hall–Kier alpha value is -2.52. The van der Waals surface area contributed by atoms with Gasteiger partial charge in [-0.1, -0.05) is 18.2 Å². The molecular weight excluding hydrogens is 397 g/mol. The van der Waals surface area contributed by atoms with Gasteiger partial charge in [-0.15, -0.1) is 25.6 Å². The van der Waals surface area contributed by atoms with E-state index in [9.17, 15) is 18.0 Å². The number of halogens is 4. The van der Waals surface area contributed by atoms with Crippen LogP contribution in [0.3, 0.4) is 0 Å². The van der Waals surface area contributed by atoms with Gasteiger partial charge in [0.05, 0.1) is 11.9 Å². The van der Waals surface area contributed by atoms with Crippen LogP contribution in [0, 0.1) is 0 Å². The minimum Gasteiger partial charge on any atom is -0.405 e. The number of H-pyrrole nitrogens is 1. The first-order chi connectivity index (χ1) is 12.9. The molecule has 6 nitrogen and oxygen atoms in total. The van der Waals surface area contributed by atoms with Crippen LogP contribution >= 0.6 is 12.4 Å². The van der Waals surface area contributed by atoms with Crippen molar-refractivity contribution in [2.45, 2.75) is 25.1 Å². The maximum atomic E-state index is 12.7. The fraction of sp³-hybridized carbons (Fsp3) is 0.333. The highest BCUT2D eigenvalue weighted by Gasteiger charge is 2.32. The molecule has 150 valence electrons. The lowest BCUT2D eigenvalue weighted by Crippen LogP contribution is -2.28. The SMILES string of the molecule is Cl.O=c1cc(C2CCNCC2)n2ncc(-c3ccccc3OC(F)(F)F)c2[nH]1. The number of ether oxygens (including phenoxy) is 1. The first kappa shape index (κ1) is 20.2. The number of nitrogens with zero attached hydrogens (tertiary/aromatic N) is 2. The monoisotopic (exact) mass is 414 g/mol. The number of hydrogen-bond donors (Lipinski definition) is 2. The normalized spacial score (nSPS) is 15.4. The summed E-state index contributed by atoms with van der Waals surface area (Å²) in [6, 6.07) is 7.32. The fourth-order valence-corrected chi connectivity index (χ4v) is 3.52. The number of aromatic amines is 1. The van der Waals surface area contributed by atoms with E-state index in [1.54, 1.807) is 10.6 Å².